The van der Waals surface area contributed by atoms with Gasteiger partial charge in [-0.25, -0.2) is 0 Å². The van der Waals surface area contributed by atoms with E-state index in [1.807, 2.05) is 33.8 Å². The highest BCUT2D eigenvalue weighted by Gasteiger charge is 2.57. The summed E-state index contributed by atoms with van der Waals surface area (Å²) in [7, 11) is 1.54. The number of rotatable bonds is 9. The maximum Gasteiger partial charge on any atom is 0.187 e. The molecule has 12 atom stereocenters. The lowest BCUT2D eigenvalue weighted by Crippen LogP contribution is -2.61. The van der Waals surface area contributed by atoms with Gasteiger partial charge in [0, 0.05) is 12.5 Å². The van der Waals surface area contributed by atoms with Crippen LogP contribution in [0.3, 0.4) is 0 Å². The molecule has 0 aromatic rings. The summed E-state index contributed by atoms with van der Waals surface area (Å²) in [6, 6.07) is 0. The van der Waals surface area contributed by atoms with Gasteiger partial charge in [0.05, 0.1) is 31.0 Å². The summed E-state index contributed by atoms with van der Waals surface area (Å²) in [5.41, 5.74) is -0.583. The molecule has 0 radical (unpaired) electrons. The van der Waals surface area contributed by atoms with Crippen molar-refractivity contribution in [1.82, 2.24) is 0 Å². The van der Waals surface area contributed by atoms with Crippen LogP contribution in [0.4, 0.5) is 0 Å². The summed E-state index contributed by atoms with van der Waals surface area (Å²) < 4.78 is 23.7. The number of aliphatic hydroxyl groups excluding tert-OH is 5. The molecule has 10 nitrogen and oxygen atoms in total. The third-order valence-corrected chi connectivity index (χ3v) is 10.2. The minimum atomic E-state index is -1.61. The van der Waals surface area contributed by atoms with Crippen LogP contribution < -0.4 is 0 Å². The third-order valence-electron chi connectivity index (χ3n) is 10.2. The highest BCUT2D eigenvalue weighted by atomic mass is 16.7. The third kappa shape index (κ3) is 5.92. The van der Waals surface area contributed by atoms with Crippen molar-refractivity contribution < 1.29 is 49.6 Å². The Balaban J connectivity index is 1.76. The first-order valence-electron chi connectivity index (χ1n) is 15.2. The zero-order valence-electron chi connectivity index (χ0n) is 26.1. The Hall–Kier alpha value is -1.18. The fourth-order valence-electron chi connectivity index (χ4n) is 7.31. The highest BCUT2D eigenvalue weighted by molar-refractivity contribution is 5.44. The number of fused-ring (bicyclic) bond motifs is 2. The van der Waals surface area contributed by atoms with Crippen molar-refractivity contribution in [3.05, 3.63) is 35.5 Å². The van der Waals surface area contributed by atoms with E-state index in [4.69, 9.17) is 18.9 Å². The van der Waals surface area contributed by atoms with Crippen LogP contribution in [0.25, 0.3) is 0 Å². The highest BCUT2D eigenvalue weighted by Crippen LogP contribution is 2.56. The molecule has 0 amide bonds. The molecule has 240 valence electrons. The Kier molecular flexibility index (Phi) is 9.88. The molecule has 5 unspecified atom stereocenters. The van der Waals surface area contributed by atoms with E-state index in [0.29, 0.717) is 24.8 Å². The smallest absolute Gasteiger partial charge is 0.187 e. The first kappa shape index (κ1) is 33.7. The SMILES string of the molecule is C=CC(C)(C)OCC1OC(O[C@@H]2C3=C(C(C)C)C[C@H](O)[C@]3(C)/C=C3\[C@@H](CC[C@]3(O)COC)[C@@H](C)[C@H]2O)C(O)C(O)C1O. The van der Waals surface area contributed by atoms with Crippen molar-refractivity contribution in [2.75, 3.05) is 20.3 Å². The monoisotopic (exact) mass is 596 g/mol. The molecule has 1 saturated heterocycles. The van der Waals surface area contributed by atoms with Crippen LogP contribution in [0.5, 0.6) is 0 Å². The van der Waals surface area contributed by atoms with Gasteiger partial charge < -0.3 is 49.6 Å². The van der Waals surface area contributed by atoms with Gasteiger partial charge in [0.25, 0.3) is 0 Å². The zero-order valence-corrected chi connectivity index (χ0v) is 26.1. The van der Waals surface area contributed by atoms with Crippen molar-refractivity contribution in [3.8, 4) is 0 Å². The molecule has 0 aromatic heterocycles. The average molecular weight is 597 g/mol. The quantitative estimate of drug-likeness (QED) is 0.216. The van der Waals surface area contributed by atoms with E-state index in [2.05, 4.69) is 6.58 Å². The second-order valence-electron chi connectivity index (χ2n) is 13.8. The van der Waals surface area contributed by atoms with Crippen molar-refractivity contribution in [2.45, 2.75) is 121 Å². The molecule has 1 aliphatic heterocycles. The molecule has 1 saturated carbocycles. The van der Waals surface area contributed by atoms with Gasteiger partial charge in [0.2, 0.25) is 0 Å². The van der Waals surface area contributed by atoms with Crippen LogP contribution in [0.15, 0.2) is 35.5 Å². The number of hydrogen-bond acceptors (Lipinski definition) is 10. The van der Waals surface area contributed by atoms with Gasteiger partial charge in [-0.15, -0.1) is 6.58 Å². The number of aliphatic hydroxyl groups is 6. The van der Waals surface area contributed by atoms with E-state index in [1.54, 1.807) is 27.0 Å². The van der Waals surface area contributed by atoms with E-state index in [9.17, 15) is 30.6 Å². The second-order valence-corrected chi connectivity index (χ2v) is 13.8. The maximum absolute atomic E-state index is 12.0. The van der Waals surface area contributed by atoms with Crippen LogP contribution in [0, 0.1) is 23.2 Å². The van der Waals surface area contributed by atoms with Gasteiger partial charge in [-0.2, -0.15) is 0 Å². The van der Waals surface area contributed by atoms with Gasteiger partial charge in [0.1, 0.15) is 36.1 Å². The number of hydrogen-bond donors (Lipinski definition) is 6. The van der Waals surface area contributed by atoms with Crippen molar-refractivity contribution >= 4 is 0 Å². The molecule has 1 heterocycles. The van der Waals surface area contributed by atoms with E-state index < -0.39 is 65.6 Å². The summed E-state index contributed by atoms with van der Waals surface area (Å²) in [4.78, 5) is 0. The van der Waals surface area contributed by atoms with Crippen LogP contribution in [-0.4, -0.2) is 111 Å². The summed E-state index contributed by atoms with van der Waals surface area (Å²) >= 11 is 0. The summed E-state index contributed by atoms with van der Waals surface area (Å²) in [5.74, 6) is -0.571. The molecule has 42 heavy (non-hydrogen) atoms. The standard InChI is InChI=1S/C32H52O10/c1-9-30(5,6)40-14-21-25(35)26(36)27(37)29(41-21)42-28-23-19(16(2)3)12-22(33)31(23,7)13-20-18(17(4)24(28)34)10-11-32(20,38)15-39-8/h9,13,16-18,21-22,24-29,33-38H,1,10-12,14-15H2,2-8H3/b20-13+/t17-,18+,21?,22+,24-,25?,26?,27?,28-,29?,31+,32+/m1/s1. The van der Waals surface area contributed by atoms with Crippen LogP contribution in [-0.2, 0) is 18.9 Å². The molecular formula is C32H52O10. The molecule has 10 heteroatoms. The Bertz CT molecular complexity index is 1050. The topological polar surface area (TPSA) is 158 Å². The molecule has 3 aliphatic carbocycles. The molecule has 6 N–H and O–H groups in total. The van der Waals surface area contributed by atoms with E-state index in [0.717, 1.165) is 11.1 Å². The number of ether oxygens (including phenoxy) is 4. The minimum absolute atomic E-state index is 0.00651. The molecule has 2 fully saturated rings. The van der Waals surface area contributed by atoms with Gasteiger partial charge in [-0.05, 0) is 68.9 Å². The predicted octanol–water partition coefficient (Wildman–Crippen LogP) is 1.61. The lowest BCUT2D eigenvalue weighted by Gasteiger charge is -2.47. The maximum atomic E-state index is 12.0. The van der Waals surface area contributed by atoms with Crippen molar-refractivity contribution in [2.24, 2.45) is 23.2 Å². The molecule has 0 spiro atoms. The molecule has 4 aliphatic rings. The van der Waals surface area contributed by atoms with Crippen LogP contribution >= 0.6 is 0 Å². The Morgan fingerprint density at radius 2 is 1.79 bits per heavy atom. The first-order valence-corrected chi connectivity index (χ1v) is 15.2. The van der Waals surface area contributed by atoms with Crippen LogP contribution in [0.1, 0.15) is 60.8 Å². The molecule has 4 rings (SSSR count). The molecule has 0 aromatic carbocycles. The molecule has 0 bridgehead atoms. The van der Waals surface area contributed by atoms with Gasteiger partial charge in [-0.3, -0.25) is 0 Å². The fourth-order valence-corrected chi connectivity index (χ4v) is 7.31. The van der Waals surface area contributed by atoms with E-state index in [1.165, 1.54) is 0 Å². The normalized spacial score (nSPS) is 45.7. The fraction of sp³-hybridized carbons (Fsp3) is 0.812. The van der Waals surface area contributed by atoms with E-state index in [-0.39, 0.29) is 31.0 Å². The largest absolute Gasteiger partial charge is 0.392 e. The Morgan fingerprint density at radius 1 is 1.12 bits per heavy atom. The van der Waals surface area contributed by atoms with Gasteiger partial charge in [0.15, 0.2) is 6.29 Å². The lowest BCUT2D eigenvalue weighted by atomic mass is 9.67. The van der Waals surface area contributed by atoms with Crippen molar-refractivity contribution in [1.29, 1.82) is 0 Å². The summed E-state index contributed by atoms with van der Waals surface area (Å²) in [6.07, 6.45) is -5.03. The Labute approximate surface area is 249 Å². The minimum Gasteiger partial charge on any atom is -0.392 e. The summed E-state index contributed by atoms with van der Waals surface area (Å²) in [5, 5.41) is 67.7. The summed E-state index contributed by atoms with van der Waals surface area (Å²) in [6.45, 7) is 15.2. The average Bonchev–Trinajstić information content (AvgIpc) is 3.38. The predicted molar refractivity (Wildman–Crippen MR) is 155 cm³/mol. The van der Waals surface area contributed by atoms with E-state index >= 15 is 0 Å². The van der Waals surface area contributed by atoms with Crippen LogP contribution in [0.2, 0.25) is 0 Å². The Morgan fingerprint density at radius 3 is 2.38 bits per heavy atom. The number of methoxy groups -OCH3 is 1. The first-order chi connectivity index (χ1) is 19.5. The van der Waals surface area contributed by atoms with Gasteiger partial charge in [-0.1, -0.05) is 38.5 Å². The zero-order chi connectivity index (χ0) is 31.4. The van der Waals surface area contributed by atoms with Crippen molar-refractivity contribution in [3.63, 3.8) is 0 Å². The lowest BCUT2D eigenvalue weighted by molar-refractivity contribution is -0.319. The molecular weight excluding hydrogens is 544 g/mol. The van der Waals surface area contributed by atoms with Gasteiger partial charge >= 0.3 is 0 Å². The second kappa shape index (κ2) is 12.3.